The summed E-state index contributed by atoms with van der Waals surface area (Å²) in [6.07, 6.45) is 0. The number of ether oxygens (including phenoxy) is 2. The highest BCUT2D eigenvalue weighted by Gasteiger charge is 2.17. The van der Waals surface area contributed by atoms with Crippen LogP contribution in [0, 0.1) is 13.8 Å². The number of anilines is 1. The number of hydrogen-bond acceptors (Lipinski definition) is 4. The summed E-state index contributed by atoms with van der Waals surface area (Å²) in [4.78, 5) is 24.1. The minimum Gasteiger partial charge on any atom is -0.497 e. The van der Waals surface area contributed by atoms with Crippen molar-refractivity contribution in [3.8, 4) is 5.75 Å². The molecule has 0 aliphatic rings. The minimum atomic E-state index is -0.497. The smallest absolute Gasteiger partial charge is 0.340 e. The number of nitrogens with one attached hydrogen (secondary N) is 1. The molecule has 1 aromatic carbocycles. The third-order valence-corrected chi connectivity index (χ3v) is 3.80. The van der Waals surface area contributed by atoms with E-state index in [1.165, 1.54) is 0 Å². The highest BCUT2D eigenvalue weighted by atomic mass is 16.5. The maximum Gasteiger partial charge on any atom is 0.340 e. The molecular weight excluding hydrogens is 308 g/mol. The van der Waals surface area contributed by atoms with Crippen LogP contribution in [0.25, 0.3) is 0 Å². The second-order valence-electron chi connectivity index (χ2n) is 5.39. The molecule has 0 saturated heterocycles. The van der Waals surface area contributed by atoms with Crippen molar-refractivity contribution in [2.24, 2.45) is 0 Å². The Balaban J connectivity index is 1.95. The van der Waals surface area contributed by atoms with Crippen molar-refractivity contribution in [1.29, 1.82) is 0 Å². The third-order valence-electron chi connectivity index (χ3n) is 3.80. The van der Waals surface area contributed by atoms with Gasteiger partial charge in [0.05, 0.1) is 12.7 Å². The third kappa shape index (κ3) is 3.95. The van der Waals surface area contributed by atoms with E-state index < -0.39 is 11.9 Å². The molecule has 1 N–H and O–H groups in total. The van der Waals surface area contributed by atoms with E-state index in [1.807, 2.05) is 25.3 Å². The Morgan fingerprint density at radius 1 is 1.21 bits per heavy atom. The van der Waals surface area contributed by atoms with Gasteiger partial charge in [0.25, 0.3) is 5.91 Å². The molecule has 2 rings (SSSR count). The lowest BCUT2D eigenvalue weighted by Gasteiger charge is -2.08. The molecular formula is C18H22N2O4. The molecule has 0 aliphatic heterocycles. The fraction of sp³-hybridized carbons (Fsp3) is 0.333. The summed E-state index contributed by atoms with van der Waals surface area (Å²) >= 11 is 0. The van der Waals surface area contributed by atoms with Crippen molar-refractivity contribution in [1.82, 2.24) is 4.57 Å². The van der Waals surface area contributed by atoms with Crippen LogP contribution in [0.15, 0.2) is 30.3 Å². The molecule has 0 unspecified atom stereocenters. The van der Waals surface area contributed by atoms with E-state index in [0.717, 1.165) is 17.9 Å². The molecule has 0 atom stereocenters. The molecule has 2 aromatic rings. The van der Waals surface area contributed by atoms with Gasteiger partial charge in [-0.15, -0.1) is 0 Å². The summed E-state index contributed by atoms with van der Waals surface area (Å²) in [5.41, 5.74) is 2.90. The summed E-state index contributed by atoms with van der Waals surface area (Å²) in [6, 6.07) is 8.74. The van der Waals surface area contributed by atoms with Crippen LogP contribution >= 0.6 is 0 Å². The minimum absolute atomic E-state index is 0.341. The van der Waals surface area contributed by atoms with E-state index in [2.05, 4.69) is 5.32 Å². The lowest BCUT2D eigenvalue weighted by Crippen LogP contribution is -2.21. The maximum atomic E-state index is 12.2. The van der Waals surface area contributed by atoms with Crippen LogP contribution < -0.4 is 10.1 Å². The molecule has 1 amide bonds. The lowest BCUT2D eigenvalue weighted by molar-refractivity contribution is -0.119. The van der Waals surface area contributed by atoms with E-state index in [0.29, 0.717) is 17.0 Å². The average molecular weight is 330 g/mol. The van der Waals surface area contributed by atoms with Gasteiger partial charge < -0.3 is 19.4 Å². The number of rotatable bonds is 6. The van der Waals surface area contributed by atoms with Crippen LogP contribution in [-0.4, -0.2) is 30.2 Å². The SMILES string of the molecule is CCn1c(C)cc(C(=O)OCC(=O)Nc2cccc(OC)c2)c1C. The van der Waals surface area contributed by atoms with Gasteiger partial charge in [0.15, 0.2) is 6.61 Å². The van der Waals surface area contributed by atoms with Crippen molar-refractivity contribution in [2.45, 2.75) is 27.3 Å². The number of benzene rings is 1. The maximum absolute atomic E-state index is 12.2. The predicted octanol–water partition coefficient (Wildman–Crippen LogP) is 2.93. The molecule has 0 aliphatic carbocycles. The molecule has 0 spiro atoms. The summed E-state index contributed by atoms with van der Waals surface area (Å²) in [7, 11) is 1.55. The van der Waals surface area contributed by atoms with E-state index in [1.54, 1.807) is 37.4 Å². The quantitative estimate of drug-likeness (QED) is 0.827. The molecule has 24 heavy (non-hydrogen) atoms. The van der Waals surface area contributed by atoms with Gasteiger partial charge in [-0.25, -0.2) is 4.79 Å². The number of carbonyl (C=O) groups excluding carboxylic acids is 2. The zero-order valence-corrected chi connectivity index (χ0v) is 14.4. The zero-order valence-electron chi connectivity index (χ0n) is 14.4. The number of nitrogens with zero attached hydrogens (tertiary/aromatic N) is 1. The second kappa shape index (κ2) is 7.68. The Morgan fingerprint density at radius 3 is 2.58 bits per heavy atom. The Morgan fingerprint density at radius 2 is 1.96 bits per heavy atom. The number of aryl methyl sites for hydroxylation is 1. The van der Waals surface area contributed by atoms with Crippen molar-refractivity contribution in [3.05, 3.63) is 47.3 Å². The molecule has 0 saturated carbocycles. The first-order chi connectivity index (χ1) is 11.5. The molecule has 6 nitrogen and oxygen atoms in total. The zero-order chi connectivity index (χ0) is 17.7. The summed E-state index contributed by atoms with van der Waals surface area (Å²) < 4.78 is 12.2. The van der Waals surface area contributed by atoms with E-state index in [-0.39, 0.29) is 6.61 Å². The number of amides is 1. The van der Waals surface area contributed by atoms with Crippen molar-refractivity contribution in [3.63, 3.8) is 0 Å². The number of methoxy groups -OCH3 is 1. The normalized spacial score (nSPS) is 10.3. The summed E-state index contributed by atoms with van der Waals surface area (Å²) in [6.45, 7) is 6.25. The van der Waals surface area contributed by atoms with Gasteiger partial charge in [-0.1, -0.05) is 6.07 Å². The lowest BCUT2D eigenvalue weighted by atomic mass is 10.2. The van der Waals surface area contributed by atoms with Crippen LogP contribution in [0.1, 0.15) is 28.7 Å². The van der Waals surface area contributed by atoms with E-state index in [4.69, 9.17) is 9.47 Å². The average Bonchev–Trinajstić information content (AvgIpc) is 2.86. The molecule has 6 heteroatoms. The first-order valence-electron chi connectivity index (χ1n) is 7.74. The van der Waals surface area contributed by atoms with Crippen LogP contribution in [0.2, 0.25) is 0 Å². The van der Waals surface area contributed by atoms with Crippen molar-refractivity contribution in [2.75, 3.05) is 19.0 Å². The largest absolute Gasteiger partial charge is 0.497 e. The number of carbonyl (C=O) groups is 2. The van der Waals surface area contributed by atoms with Gasteiger partial charge >= 0.3 is 5.97 Å². The number of esters is 1. The molecule has 0 radical (unpaired) electrons. The topological polar surface area (TPSA) is 69.6 Å². The monoisotopic (exact) mass is 330 g/mol. The highest BCUT2D eigenvalue weighted by Crippen LogP contribution is 2.17. The van der Waals surface area contributed by atoms with Crippen molar-refractivity contribution >= 4 is 17.6 Å². The fourth-order valence-corrected chi connectivity index (χ4v) is 2.60. The molecule has 0 bridgehead atoms. The fourth-order valence-electron chi connectivity index (χ4n) is 2.60. The van der Waals surface area contributed by atoms with Crippen LogP contribution in [0.4, 0.5) is 5.69 Å². The van der Waals surface area contributed by atoms with Crippen LogP contribution in [-0.2, 0) is 16.1 Å². The number of aromatic nitrogens is 1. The summed E-state index contributed by atoms with van der Waals surface area (Å²) in [5.74, 6) is -0.263. The molecule has 0 fully saturated rings. The van der Waals surface area contributed by atoms with Crippen molar-refractivity contribution < 1.29 is 19.1 Å². The van der Waals surface area contributed by atoms with E-state index in [9.17, 15) is 9.59 Å². The highest BCUT2D eigenvalue weighted by molar-refractivity contribution is 5.96. The molecule has 128 valence electrons. The predicted molar refractivity (Wildman–Crippen MR) is 91.5 cm³/mol. The van der Waals surface area contributed by atoms with E-state index >= 15 is 0 Å². The second-order valence-corrected chi connectivity index (χ2v) is 5.39. The summed E-state index contributed by atoms with van der Waals surface area (Å²) in [5, 5.41) is 2.66. The number of hydrogen-bond donors (Lipinski definition) is 1. The van der Waals surface area contributed by atoms with Gasteiger partial charge in [0.2, 0.25) is 0 Å². The first kappa shape index (κ1) is 17.6. The Hall–Kier alpha value is -2.76. The molecule has 1 heterocycles. The Kier molecular flexibility index (Phi) is 5.63. The van der Waals surface area contributed by atoms with Gasteiger partial charge in [-0.05, 0) is 39.0 Å². The van der Waals surface area contributed by atoms with Gasteiger partial charge in [0.1, 0.15) is 5.75 Å². The van der Waals surface area contributed by atoms with Crippen LogP contribution in [0.5, 0.6) is 5.75 Å². The standard InChI is InChI=1S/C18H22N2O4/c1-5-20-12(2)9-16(13(20)3)18(22)24-11-17(21)19-14-7-6-8-15(10-14)23-4/h6-10H,5,11H2,1-4H3,(H,19,21). The Bertz CT molecular complexity index is 749. The first-order valence-corrected chi connectivity index (χ1v) is 7.74. The van der Waals surface area contributed by atoms with Gasteiger partial charge in [0, 0.05) is 29.7 Å². The van der Waals surface area contributed by atoms with Gasteiger partial charge in [-0.3, -0.25) is 4.79 Å². The van der Waals surface area contributed by atoms with Gasteiger partial charge in [-0.2, -0.15) is 0 Å². The Labute approximate surface area is 141 Å². The van der Waals surface area contributed by atoms with Crippen LogP contribution in [0.3, 0.4) is 0 Å². The molecule has 1 aromatic heterocycles.